The second kappa shape index (κ2) is 4.26. The first kappa shape index (κ1) is 13.0. The van der Waals surface area contributed by atoms with E-state index in [0.717, 1.165) is 6.07 Å². The van der Waals surface area contributed by atoms with Crippen LogP contribution in [0.25, 0.3) is 0 Å². The van der Waals surface area contributed by atoms with Crippen molar-refractivity contribution in [1.82, 2.24) is 4.31 Å². The number of sulfonamides is 1. The Morgan fingerprint density at radius 2 is 2.11 bits per heavy atom. The smallest absolute Gasteiger partial charge is 0.243 e. The number of hydrogen-bond donors (Lipinski definition) is 1. The third kappa shape index (κ3) is 1.98. The van der Waals surface area contributed by atoms with Crippen molar-refractivity contribution < 1.29 is 17.9 Å². The van der Waals surface area contributed by atoms with Crippen molar-refractivity contribution in [3.05, 3.63) is 29.6 Å². The third-order valence-corrected chi connectivity index (χ3v) is 6.24. The van der Waals surface area contributed by atoms with Gasteiger partial charge in [0.2, 0.25) is 10.0 Å². The second-order valence-corrected chi connectivity index (χ2v) is 7.37. The normalized spacial score (nSPS) is 31.0. The SMILES string of the molecule is Cc1ccc(F)cc1S(=O)(=O)N1C[C@H]2C[C@@H](O)[C@H]2C1. The minimum atomic E-state index is -3.66. The first-order valence-electron chi connectivity index (χ1n) is 6.34. The van der Waals surface area contributed by atoms with Gasteiger partial charge in [-0.05, 0) is 37.0 Å². The van der Waals surface area contributed by atoms with E-state index in [1.165, 1.54) is 16.4 Å². The minimum absolute atomic E-state index is 0.0308. The summed E-state index contributed by atoms with van der Waals surface area (Å²) in [4.78, 5) is 0.0308. The first-order valence-corrected chi connectivity index (χ1v) is 7.78. The van der Waals surface area contributed by atoms with Crippen molar-refractivity contribution in [2.24, 2.45) is 11.8 Å². The van der Waals surface area contributed by atoms with Gasteiger partial charge < -0.3 is 5.11 Å². The van der Waals surface area contributed by atoms with Crippen molar-refractivity contribution in [1.29, 1.82) is 0 Å². The summed E-state index contributed by atoms with van der Waals surface area (Å²) in [6.07, 6.45) is 0.276. The lowest BCUT2D eigenvalue weighted by Crippen LogP contribution is -2.39. The molecule has 104 valence electrons. The molecule has 3 rings (SSSR count). The third-order valence-electron chi connectivity index (χ3n) is 4.26. The van der Waals surface area contributed by atoms with Gasteiger partial charge in [-0.2, -0.15) is 4.31 Å². The van der Waals surface area contributed by atoms with Gasteiger partial charge in [-0.25, -0.2) is 12.8 Å². The van der Waals surface area contributed by atoms with E-state index in [2.05, 4.69) is 0 Å². The Bertz CT molecular complexity index is 616. The van der Waals surface area contributed by atoms with E-state index < -0.39 is 15.8 Å². The monoisotopic (exact) mass is 285 g/mol. The van der Waals surface area contributed by atoms with Gasteiger partial charge in [0.15, 0.2) is 0 Å². The number of hydrogen-bond acceptors (Lipinski definition) is 3. The van der Waals surface area contributed by atoms with E-state index in [4.69, 9.17) is 0 Å². The maximum atomic E-state index is 13.3. The quantitative estimate of drug-likeness (QED) is 0.886. The van der Waals surface area contributed by atoms with Crippen LogP contribution in [0.5, 0.6) is 0 Å². The molecule has 1 heterocycles. The molecule has 6 heteroatoms. The fraction of sp³-hybridized carbons (Fsp3) is 0.538. The van der Waals surface area contributed by atoms with Crippen LogP contribution in [0.2, 0.25) is 0 Å². The van der Waals surface area contributed by atoms with E-state index in [-0.39, 0.29) is 22.8 Å². The van der Waals surface area contributed by atoms with E-state index >= 15 is 0 Å². The van der Waals surface area contributed by atoms with Gasteiger partial charge in [0.05, 0.1) is 11.0 Å². The molecule has 3 atom stereocenters. The molecule has 1 N–H and O–H groups in total. The van der Waals surface area contributed by atoms with Crippen LogP contribution in [0, 0.1) is 24.6 Å². The van der Waals surface area contributed by atoms with Crippen molar-refractivity contribution in [3.63, 3.8) is 0 Å². The molecule has 2 fully saturated rings. The molecule has 1 saturated carbocycles. The number of fused-ring (bicyclic) bond motifs is 1. The molecule has 0 unspecified atom stereocenters. The standard InChI is InChI=1S/C13H16FNO3S/c1-8-2-3-10(14)5-13(8)19(17,18)15-6-9-4-12(16)11(9)7-15/h2-3,5,9,11-12,16H,4,6-7H2,1H3/t9-,11+,12-/m1/s1. The summed E-state index contributed by atoms with van der Waals surface area (Å²) in [6.45, 7) is 2.43. The van der Waals surface area contributed by atoms with Crippen LogP contribution >= 0.6 is 0 Å². The molecule has 1 aliphatic heterocycles. The summed E-state index contributed by atoms with van der Waals surface area (Å²) in [6, 6.07) is 3.80. The Morgan fingerprint density at radius 1 is 1.37 bits per heavy atom. The van der Waals surface area contributed by atoms with E-state index in [0.29, 0.717) is 25.1 Å². The topological polar surface area (TPSA) is 57.6 Å². The highest BCUT2D eigenvalue weighted by Gasteiger charge is 2.49. The molecule has 0 radical (unpaired) electrons. The largest absolute Gasteiger partial charge is 0.393 e. The number of nitrogens with zero attached hydrogens (tertiary/aromatic N) is 1. The number of benzene rings is 1. The summed E-state index contributed by atoms with van der Waals surface area (Å²) in [5, 5.41) is 9.59. The molecule has 0 amide bonds. The van der Waals surface area contributed by atoms with Gasteiger partial charge in [0.1, 0.15) is 5.82 Å². The average Bonchev–Trinajstić information content (AvgIpc) is 2.70. The van der Waals surface area contributed by atoms with Crippen LogP contribution in [-0.4, -0.2) is 37.0 Å². The molecular weight excluding hydrogens is 269 g/mol. The van der Waals surface area contributed by atoms with Gasteiger partial charge in [-0.15, -0.1) is 0 Å². The fourth-order valence-corrected chi connectivity index (χ4v) is 4.79. The zero-order chi connectivity index (χ0) is 13.8. The molecule has 0 spiro atoms. The number of aryl methyl sites for hydroxylation is 1. The van der Waals surface area contributed by atoms with Gasteiger partial charge in [0.25, 0.3) is 0 Å². The maximum absolute atomic E-state index is 13.3. The van der Waals surface area contributed by atoms with E-state index in [9.17, 15) is 17.9 Å². The van der Waals surface area contributed by atoms with Crippen LogP contribution in [-0.2, 0) is 10.0 Å². The van der Waals surface area contributed by atoms with Crippen molar-refractivity contribution in [2.75, 3.05) is 13.1 Å². The van der Waals surface area contributed by atoms with Crippen molar-refractivity contribution in [3.8, 4) is 0 Å². The molecule has 1 saturated heterocycles. The summed E-state index contributed by atoms with van der Waals surface area (Å²) < 4.78 is 39.7. The summed E-state index contributed by atoms with van der Waals surface area (Å²) in [5.74, 6) is -0.256. The van der Waals surface area contributed by atoms with Crippen molar-refractivity contribution in [2.45, 2.75) is 24.3 Å². The average molecular weight is 285 g/mol. The Labute approximate surface area is 111 Å². The Balaban J connectivity index is 1.93. The molecule has 4 nitrogen and oxygen atoms in total. The van der Waals surface area contributed by atoms with Gasteiger partial charge >= 0.3 is 0 Å². The minimum Gasteiger partial charge on any atom is -0.393 e. The predicted molar refractivity (Wildman–Crippen MR) is 67.5 cm³/mol. The molecule has 2 aliphatic rings. The number of rotatable bonds is 2. The zero-order valence-electron chi connectivity index (χ0n) is 10.6. The molecule has 1 aromatic carbocycles. The van der Waals surface area contributed by atoms with Crippen LogP contribution < -0.4 is 0 Å². The van der Waals surface area contributed by atoms with E-state index in [1.54, 1.807) is 6.92 Å². The lowest BCUT2D eigenvalue weighted by Gasteiger charge is -2.34. The zero-order valence-corrected chi connectivity index (χ0v) is 11.4. The van der Waals surface area contributed by atoms with Crippen LogP contribution in [0.1, 0.15) is 12.0 Å². The highest BCUT2D eigenvalue weighted by atomic mass is 32.2. The lowest BCUT2D eigenvalue weighted by molar-refractivity contribution is -0.00416. The Morgan fingerprint density at radius 3 is 2.74 bits per heavy atom. The van der Waals surface area contributed by atoms with Crippen LogP contribution in [0.3, 0.4) is 0 Å². The van der Waals surface area contributed by atoms with Crippen molar-refractivity contribution >= 4 is 10.0 Å². The molecule has 1 aromatic rings. The number of aliphatic hydroxyl groups excluding tert-OH is 1. The first-order chi connectivity index (χ1) is 8.89. The van der Waals surface area contributed by atoms with Gasteiger partial charge in [-0.3, -0.25) is 0 Å². The molecule has 0 aromatic heterocycles. The van der Waals surface area contributed by atoms with Crippen LogP contribution in [0.15, 0.2) is 23.1 Å². The van der Waals surface area contributed by atoms with Gasteiger partial charge in [0, 0.05) is 19.0 Å². The highest BCUT2D eigenvalue weighted by molar-refractivity contribution is 7.89. The summed E-state index contributed by atoms with van der Waals surface area (Å²) >= 11 is 0. The summed E-state index contributed by atoms with van der Waals surface area (Å²) in [5.41, 5.74) is 0.543. The lowest BCUT2D eigenvalue weighted by atomic mass is 9.74. The predicted octanol–water partition coefficient (Wildman–Crippen LogP) is 1.14. The van der Waals surface area contributed by atoms with E-state index in [1.807, 2.05) is 0 Å². The Hall–Kier alpha value is -0.980. The number of aliphatic hydroxyl groups is 1. The second-order valence-electron chi connectivity index (χ2n) is 5.46. The molecule has 0 bridgehead atoms. The summed E-state index contributed by atoms with van der Waals surface area (Å²) in [7, 11) is -3.66. The molecule has 19 heavy (non-hydrogen) atoms. The number of halogens is 1. The fourth-order valence-electron chi connectivity index (χ4n) is 3.02. The van der Waals surface area contributed by atoms with Gasteiger partial charge in [-0.1, -0.05) is 6.07 Å². The van der Waals surface area contributed by atoms with Crippen LogP contribution in [0.4, 0.5) is 4.39 Å². The maximum Gasteiger partial charge on any atom is 0.243 e. The highest BCUT2D eigenvalue weighted by Crippen LogP contribution is 2.42. The molecule has 1 aliphatic carbocycles. The Kier molecular flexibility index (Phi) is 2.92. The molecular formula is C13H16FNO3S.